The summed E-state index contributed by atoms with van der Waals surface area (Å²) >= 11 is 0. The Hall–Kier alpha value is -2.30. The summed E-state index contributed by atoms with van der Waals surface area (Å²) in [5.41, 5.74) is 1.95. The maximum absolute atomic E-state index is 10.9. The molecule has 0 aliphatic carbocycles. The lowest BCUT2D eigenvalue weighted by Crippen LogP contribution is -2.04. The quantitative estimate of drug-likeness (QED) is 0.822. The fourth-order valence-corrected chi connectivity index (χ4v) is 1.34. The van der Waals surface area contributed by atoms with Gasteiger partial charge in [-0.3, -0.25) is 0 Å². The van der Waals surface area contributed by atoms with Crippen molar-refractivity contribution in [2.24, 2.45) is 0 Å². The zero-order valence-electron chi connectivity index (χ0n) is 8.58. The van der Waals surface area contributed by atoms with Crippen LogP contribution in [0.2, 0.25) is 0 Å². The summed E-state index contributed by atoms with van der Waals surface area (Å²) in [6, 6.07) is 3.47. The van der Waals surface area contributed by atoms with Crippen LogP contribution in [0.15, 0.2) is 30.9 Å². The van der Waals surface area contributed by atoms with Gasteiger partial charge in [-0.05, 0) is 18.6 Å². The first-order valence-corrected chi connectivity index (χ1v) is 4.65. The van der Waals surface area contributed by atoms with Crippen molar-refractivity contribution in [1.29, 1.82) is 0 Å². The van der Waals surface area contributed by atoms with Crippen molar-refractivity contribution in [1.82, 2.24) is 15.0 Å². The molecule has 5 nitrogen and oxygen atoms in total. The van der Waals surface area contributed by atoms with E-state index in [1.807, 2.05) is 0 Å². The number of hydrogen-bond acceptors (Lipinski definition) is 4. The molecule has 0 aliphatic rings. The molecule has 0 radical (unpaired) electrons. The summed E-state index contributed by atoms with van der Waals surface area (Å²) in [6.45, 7) is 1.71. The predicted octanol–water partition coefficient (Wildman–Crippen LogP) is 1.55. The molecule has 0 spiro atoms. The van der Waals surface area contributed by atoms with Crippen molar-refractivity contribution in [2.75, 3.05) is 0 Å². The SMILES string of the molecule is Cc1ccc(-c2cncnc2)nc1C(=O)O. The zero-order valence-corrected chi connectivity index (χ0v) is 8.58. The van der Waals surface area contributed by atoms with Crippen LogP contribution in [0.5, 0.6) is 0 Å². The molecule has 5 heteroatoms. The monoisotopic (exact) mass is 215 g/mol. The molecule has 2 heterocycles. The van der Waals surface area contributed by atoms with Crippen LogP contribution in [0, 0.1) is 6.92 Å². The topological polar surface area (TPSA) is 76.0 Å². The van der Waals surface area contributed by atoms with Crippen LogP contribution >= 0.6 is 0 Å². The van der Waals surface area contributed by atoms with Gasteiger partial charge in [-0.1, -0.05) is 6.07 Å². The van der Waals surface area contributed by atoms with E-state index in [0.29, 0.717) is 16.8 Å². The highest BCUT2D eigenvalue weighted by Gasteiger charge is 2.10. The number of hydrogen-bond donors (Lipinski definition) is 1. The molecule has 80 valence electrons. The Kier molecular flexibility index (Phi) is 2.59. The number of carboxylic acid groups (broad SMARTS) is 1. The second kappa shape index (κ2) is 4.06. The van der Waals surface area contributed by atoms with Crippen LogP contribution in [0.1, 0.15) is 16.1 Å². The summed E-state index contributed by atoms with van der Waals surface area (Å²) in [6.07, 6.45) is 4.60. The molecule has 2 rings (SSSR count). The number of pyridine rings is 1. The lowest BCUT2D eigenvalue weighted by atomic mass is 10.1. The van der Waals surface area contributed by atoms with E-state index in [0.717, 1.165) is 0 Å². The second-order valence-electron chi connectivity index (χ2n) is 3.29. The van der Waals surface area contributed by atoms with Crippen molar-refractivity contribution in [3.63, 3.8) is 0 Å². The number of rotatable bonds is 2. The van der Waals surface area contributed by atoms with Crippen LogP contribution in [0.4, 0.5) is 0 Å². The third kappa shape index (κ3) is 1.88. The fourth-order valence-electron chi connectivity index (χ4n) is 1.34. The molecule has 0 saturated carbocycles. The van der Waals surface area contributed by atoms with Gasteiger partial charge >= 0.3 is 5.97 Å². The first-order valence-electron chi connectivity index (χ1n) is 4.65. The third-order valence-corrected chi connectivity index (χ3v) is 2.16. The Bertz CT molecular complexity index is 526. The standard InChI is InChI=1S/C11H9N3O2/c1-7-2-3-9(14-10(7)11(15)16)8-4-12-6-13-5-8/h2-6H,1H3,(H,15,16). The summed E-state index contributed by atoms with van der Waals surface area (Å²) in [5, 5.41) is 8.94. The Morgan fingerprint density at radius 2 is 1.94 bits per heavy atom. The average molecular weight is 215 g/mol. The minimum absolute atomic E-state index is 0.0568. The van der Waals surface area contributed by atoms with Gasteiger partial charge < -0.3 is 5.11 Å². The molecule has 1 N–H and O–H groups in total. The van der Waals surface area contributed by atoms with E-state index in [1.165, 1.54) is 6.33 Å². The largest absolute Gasteiger partial charge is 0.477 e. The van der Waals surface area contributed by atoms with Gasteiger partial charge in [-0.2, -0.15) is 0 Å². The van der Waals surface area contributed by atoms with Gasteiger partial charge in [-0.15, -0.1) is 0 Å². The molecule has 0 saturated heterocycles. The van der Waals surface area contributed by atoms with E-state index < -0.39 is 5.97 Å². The molecule has 0 aliphatic heterocycles. The lowest BCUT2D eigenvalue weighted by molar-refractivity contribution is 0.0690. The maximum Gasteiger partial charge on any atom is 0.354 e. The fraction of sp³-hybridized carbons (Fsp3) is 0.0909. The Balaban J connectivity index is 2.52. The van der Waals surface area contributed by atoms with Crippen molar-refractivity contribution >= 4 is 5.97 Å². The molecule has 2 aromatic rings. The van der Waals surface area contributed by atoms with Gasteiger partial charge in [0.25, 0.3) is 0 Å². The highest BCUT2D eigenvalue weighted by molar-refractivity contribution is 5.87. The van der Waals surface area contributed by atoms with Crippen molar-refractivity contribution < 1.29 is 9.90 Å². The number of aromatic carboxylic acids is 1. The molecule has 0 fully saturated rings. The number of aromatic nitrogens is 3. The zero-order chi connectivity index (χ0) is 11.5. The molecule has 16 heavy (non-hydrogen) atoms. The minimum atomic E-state index is -1.03. The first-order chi connectivity index (χ1) is 7.68. The maximum atomic E-state index is 10.9. The molecule has 0 bridgehead atoms. The Morgan fingerprint density at radius 1 is 1.25 bits per heavy atom. The summed E-state index contributed by atoms with van der Waals surface area (Å²) in [7, 11) is 0. The molecular formula is C11H9N3O2. The third-order valence-electron chi connectivity index (χ3n) is 2.16. The minimum Gasteiger partial charge on any atom is -0.477 e. The number of nitrogens with zero attached hydrogens (tertiary/aromatic N) is 3. The van der Waals surface area contributed by atoms with Gasteiger partial charge in [0, 0.05) is 18.0 Å². The second-order valence-corrected chi connectivity index (χ2v) is 3.29. The van der Waals surface area contributed by atoms with Gasteiger partial charge in [0.1, 0.15) is 6.33 Å². The van der Waals surface area contributed by atoms with Crippen molar-refractivity contribution in [3.8, 4) is 11.3 Å². The summed E-state index contributed by atoms with van der Waals surface area (Å²) in [4.78, 5) is 22.7. The number of carbonyl (C=O) groups is 1. The van der Waals surface area contributed by atoms with Gasteiger partial charge in [0.15, 0.2) is 5.69 Å². The van der Waals surface area contributed by atoms with Gasteiger partial charge in [-0.25, -0.2) is 19.7 Å². The van der Waals surface area contributed by atoms with Crippen molar-refractivity contribution in [3.05, 3.63) is 42.1 Å². The molecular weight excluding hydrogens is 206 g/mol. The van der Waals surface area contributed by atoms with E-state index in [1.54, 1.807) is 31.5 Å². The van der Waals surface area contributed by atoms with E-state index in [4.69, 9.17) is 5.11 Å². The highest BCUT2D eigenvalue weighted by atomic mass is 16.4. The number of aryl methyl sites for hydroxylation is 1. The Morgan fingerprint density at radius 3 is 2.56 bits per heavy atom. The lowest BCUT2D eigenvalue weighted by Gasteiger charge is -2.03. The van der Waals surface area contributed by atoms with Crippen LogP contribution in [-0.2, 0) is 0 Å². The molecule has 0 amide bonds. The first kappa shape index (κ1) is 10.2. The van der Waals surface area contributed by atoms with Crippen LogP contribution < -0.4 is 0 Å². The van der Waals surface area contributed by atoms with E-state index >= 15 is 0 Å². The van der Waals surface area contributed by atoms with Gasteiger partial charge in [0.05, 0.1) is 5.69 Å². The van der Waals surface area contributed by atoms with Gasteiger partial charge in [0.2, 0.25) is 0 Å². The smallest absolute Gasteiger partial charge is 0.354 e. The molecule has 0 atom stereocenters. The van der Waals surface area contributed by atoms with Crippen LogP contribution in [0.3, 0.4) is 0 Å². The van der Waals surface area contributed by atoms with E-state index in [9.17, 15) is 4.79 Å². The van der Waals surface area contributed by atoms with Crippen molar-refractivity contribution in [2.45, 2.75) is 6.92 Å². The molecule has 2 aromatic heterocycles. The normalized spacial score (nSPS) is 10.1. The summed E-state index contributed by atoms with van der Waals surface area (Å²) in [5.74, 6) is -1.03. The molecule has 0 unspecified atom stereocenters. The van der Waals surface area contributed by atoms with Crippen LogP contribution in [0.25, 0.3) is 11.3 Å². The van der Waals surface area contributed by atoms with E-state index in [-0.39, 0.29) is 5.69 Å². The van der Waals surface area contributed by atoms with E-state index in [2.05, 4.69) is 15.0 Å². The number of carboxylic acids is 1. The highest BCUT2D eigenvalue weighted by Crippen LogP contribution is 2.16. The summed E-state index contributed by atoms with van der Waals surface area (Å²) < 4.78 is 0. The predicted molar refractivity (Wildman–Crippen MR) is 57.0 cm³/mol. The Labute approximate surface area is 91.8 Å². The average Bonchev–Trinajstić information content (AvgIpc) is 2.30. The van der Waals surface area contributed by atoms with Crippen LogP contribution in [-0.4, -0.2) is 26.0 Å². The molecule has 0 aromatic carbocycles.